The highest BCUT2D eigenvalue weighted by Crippen LogP contribution is 2.29. The van der Waals surface area contributed by atoms with Crippen LogP contribution in [0.2, 0.25) is 0 Å². The second-order valence-electron chi connectivity index (χ2n) is 5.84. The van der Waals surface area contributed by atoms with Gasteiger partial charge in [0.15, 0.2) is 17.3 Å². The van der Waals surface area contributed by atoms with Gasteiger partial charge in [-0.3, -0.25) is 4.79 Å². The topological polar surface area (TPSA) is 35.5 Å². The molecule has 3 aromatic rings. The largest absolute Gasteiger partial charge is 0.493 e. The van der Waals surface area contributed by atoms with Crippen molar-refractivity contribution in [3.8, 4) is 11.5 Å². The van der Waals surface area contributed by atoms with Gasteiger partial charge in [0.25, 0.3) is 0 Å². The van der Waals surface area contributed by atoms with Crippen LogP contribution in [0.3, 0.4) is 0 Å². The van der Waals surface area contributed by atoms with E-state index in [9.17, 15) is 4.79 Å². The quantitative estimate of drug-likeness (QED) is 0.608. The Morgan fingerprint density at radius 2 is 1.52 bits per heavy atom. The molecule has 3 aromatic carbocycles. The normalized spacial score (nSPS) is 10.3. The van der Waals surface area contributed by atoms with Crippen LogP contribution in [0.1, 0.15) is 27.0 Å². The Hall–Kier alpha value is -3.07. The van der Waals surface area contributed by atoms with Crippen LogP contribution in [0.25, 0.3) is 0 Å². The Labute approximate surface area is 147 Å². The van der Waals surface area contributed by atoms with Crippen molar-refractivity contribution in [2.45, 2.75) is 13.5 Å². The maximum Gasteiger partial charge on any atom is 0.193 e. The number of methoxy groups -OCH3 is 1. The first-order chi connectivity index (χ1) is 12.2. The van der Waals surface area contributed by atoms with Gasteiger partial charge in [-0.15, -0.1) is 0 Å². The highest BCUT2D eigenvalue weighted by molar-refractivity contribution is 6.09. The highest BCUT2D eigenvalue weighted by Gasteiger charge is 2.13. The smallest absolute Gasteiger partial charge is 0.193 e. The molecule has 0 aromatic heterocycles. The minimum atomic E-state index is -0.0343. The van der Waals surface area contributed by atoms with Crippen LogP contribution >= 0.6 is 0 Å². The molecule has 3 rings (SSSR count). The third-order valence-corrected chi connectivity index (χ3v) is 3.98. The molecular formula is C22H20O3. The van der Waals surface area contributed by atoms with Gasteiger partial charge in [0, 0.05) is 11.1 Å². The Morgan fingerprint density at radius 1 is 0.840 bits per heavy atom. The Morgan fingerprint density at radius 3 is 2.20 bits per heavy atom. The molecule has 0 aliphatic rings. The van der Waals surface area contributed by atoms with Crippen molar-refractivity contribution in [3.05, 3.63) is 95.1 Å². The monoisotopic (exact) mass is 332 g/mol. The number of aryl methyl sites for hydroxylation is 1. The van der Waals surface area contributed by atoms with Crippen molar-refractivity contribution in [1.82, 2.24) is 0 Å². The maximum atomic E-state index is 12.6. The molecule has 25 heavy (non-hydrogen) atoms. The number of rotatable bonds is 6. The van der Waals surface area contributed by atoms with Gasteiger partial charge in [0.05, 0.1) is 7.11 Å². The van der Waals surface area contributed by atoms with Crippen LogP contribution in [0.15, 0.2) is 72.8 Å². The summed E-state index contributed by atoms with van der Waals surface area (Å²) in [6, 6.07) is 22.7. The van der Waals surface area contributed by atoms with Crippen LogP contribution in [0.5, 0.6) is 11.5 Å². The number of hydrogen-bond acceptors (Lipinski definition) is 3. The van der Waals surface area contributed by atoms with Crippen molar-refractivity contribution >= 4 is 5.78 Å². The molecular weight excluding hydrogens is 312 g/mol. The molecule has 0 unspecified atom stereocenters. The van der Waals surface area contributed by atoms with Gasteiger partial charge in [-0.2, -0.15) is 0 Å². The van der Waals surface area contributed by atoms with E-state index >= 15 is 0 Å². The average Bonchev–Trinajstić information content (AvgIpc) is 2.67. The van der Waals surface area contributed by atoms with Crippen LogP contribution in [0.4, 0.5) is 0 Å². The van der Waals surface area contributed by atoms with E-state index in [4.69, 9.17) is 9.47 Å². The van der Waals surface area contributed by atoms with Crippen molar-refractivity contribution in [1.29, 1.82) is 0 Å². The number of carbonyl (C=O) groups is 1. The van der Waals surface area contributed by atoms with E-state index in [0.29, 0.717) is 29.2 Å². The van der Waals surface area contributed by atoms with Gasteiger partial charge in [-0.25, -0.2) is 0 Å². The molecule has 0 spiro atoms. The summed E-state index contributed by atoms with van der Waals surface area (Å²) in [5.74, 6) is 1.13. The van der Waals surface area contributed by atoms with E-state index in [-0.39, 0.29) is 5.78 Å². The third kappa shape index (κ3) is 4.07. The van der Waals surface area contributed by atoms with E-state index in [2.05, 4.69) is 0 Å². The third-order valence-electron chi connectivity index (χ3n) is 3.98. The summed E-state index contributed by atoms with van der Waals surface area (Å²) in [4.78, 5) is 12.6. The zero-order valence-electron chi connectivity index (χ0n) is 14.4. The van der Waals surface area contributed by atoms with Crippen LogP contribution in [0, 0.1) is 6.92 Å². The van der Waals surface area contributed by atoms with Gasteiger partial charge < -0.3 is 9.47 Å². The predicted octanol–water partition coefficient (Wildman–Crippen LogP) is 4.81. The Bertz CT molecular complexity index is 852. The summed E-state index contributed by atoms with van der Waals surface area (Å²) < 4.78 is 11.2. The molecule has 0 radical (unpaired) electrons. The number of carbonyl (C=O) groups excluding carboxylic acids is 1. The summed E-state index contributed by atoms with van der Waals surface area (Å²) in [5, 5.41) is 0. The van der Waals surface area contributed by atoms with Crippen LogP contribution in [-0.2, 0) is 6.61 Å². The van der Waals surface area contributed by atoms with E-state index in [1.807, 2.05) is 61.5 Å². The SMILES string of the molecule is COc1cc(C(=O)c2ccc(C)cc2)ccc1OCc1ccccc1. The molecule has 0 bridgehead atoms. The Balaban J connectivity index is 1.79. The lowest BCUT2D eigenvalue weighted by Crippen LogP contribution is -2.03. The molecule has 0 fully saturated rings. The standard InChI is InChI=1S/C22H20O3/c1-16-8-10-18(11-9-16)22(23)19-12-13-20(21(14-19)24-2)25-15-17-6-4-3-5-7-17/h3-14H,15H2,1-2H3. The van der Waals surface area contributed by atoms with Gasteiger partial charge in [-0.05, 0) is 30.7 Å². The maximum absolute atomic E-state index is 12.6. The second-order valence-corrected chi connectivity index (χ2v) is 5.84. The minimum absolute atomic E-state index is 0.0343. The average molecular weight is 332 g/mol. The number of ether oxygens (including phenoxy) is 2. The lowest BCUT2D eigenvalue weighted by atomic mass is 10.0. The lowest BCUT2D eigenvalue weighted by Gasteiger charge is -2.12. The molecule has 0 N–H and O–H groups in total. The van der Waals surface area contributed by atoms with Gasteiger partial charge in [0.1, 0.15) is 6.61 Å². The molecule has 0 heterocycles. The van der Waals surface area contributed by atoms with Gasteiger partial charge in [0.2, 0.25) is 0 Å². The van der Waals surface area contributed by atoms with Crippen LogP contribution in [-0.4, -0.2) is 12.9 Å². The molecule has 0 aliphatic carbocycles. The summed E-state index contributed by atoms with van der Waals surface area (Å²) in [7, 11) is 1.57. The molecule has 3 nitrogen and oxygen atoms in total. The first-order valence-corrected chi connectivity index (χ1v) is 8.13. The van der Waals surface area contributed by atoms with Crippen LogP contribution < -0.4 is 9.47 Å². The first-order valence-electron chi connectivity index (χ1n) is 8.13. The predicted molar refractivity (Wildman–Crippen MR) is 98.4 cm³/mol. The van der Waals surface area contributed by atoms with Gasteiger partial charge >= 0.3 is 0 Å². The van der Waals surface area contributed by atoms with Crippen molar-refractivity contribution in [3.63, 3.8) is 0 Å². The molecule has 126 valence electrons. The zero-order chi connectivity index (χ0) is 17.6. The summed E-state index contributed by atoms with van der Waals surface area (Å²) in [5.41, 5.74) is 3.43. The molecule has 3 heteroatoms. The molecule has 0 atom stereocenters. The van der Waals surface area contributed by atoms with E-state index in [0.717, 1.165) is 11.1 Å². The van der Waals surface area contributed by atoms with Crippen molar-refractivity contribution in [2.75, 3.05) is 7.11 Å². The number of hydrogen-bond donors (Lipinski definition) is 0. The Kier molecular flexibility index (Phi) is 5.14. The van der Waals surface area contributed by atoms with E-state index in [1.54, 1.807) is 25.3 Å². The van der Waals surface area contributed by atoms with E-state index < -0.39 is 0 Å². The molecule has 0 saturated carbocycles. The summed E-state index contributed by atoms with van der Waals surface area (Å²) in [6.07, 6.45) is 0. The highest BCUT2D eigenvalue weighted by atomic mass is 16.5. The molecule has 0 aliphatic heterocycles. The summed E-state index contributed by atoms with van der Waals surface area (Å²) in [6.45, 7) is 2.44. The van der Waals surface area contributed by atoms with Crippen molar-refractivity contribution in [2.24, 2.45) is 0 Å². The van der Waals surface area contributed by atoms with Crippen molar-refractivity contribution < 1.29 is 14.3 Å². The first kappa shape index (κ1) is 16.8. The fourth-order valence-electron chi connectivity index (χ4n) is 2.53. The summed E-state index contributed by atoms with van der Waals surface area (Å²) >= 11 is 0. The fourth-order valence-corrected chi connectivity index (χ4v) is 2.53. The number of ketones is 1. The van der Waals surface area contributed by atoms with E-state index in [1.165, 1.54) is 0 Å². The zero-order valence-corrected chi connectivity index (χ0v) is 14.4. The fraction of sp³-hybridized carbons (Fsp3) is 0.136. The lowest BCUT2D eigenvalue weighted by molar-refractivity contribution is 0.103. The number of benzene rings is 3. The minimum Gasteiger partial charge on any atom is -0.493 e. The van der Waals surface area contributed by atoms with Gasteiger partial charge in [-0.1, -0.05) is 60.2 Å². The molecule has 0 saturated heterocycles. The second kappa shape index (κ2) is 7.67. The molecule has 0 amide bonds.